The number of aryl methyl sites for hydroxylation is 1. The van der Waals surface area contributed by atoms with Gasteiger partial charge in [-0.15, -0.1) is 11.3 Å². The molecule has 5 heteroatoms. The molecule has 1 heterocycles. The number of rotatable bonds is 4. The highest BCUT2D eigenvalue weighted by molar-refractivity contribution is 7.18. The quantitative estimate of drug-likeness (QED) is 0.796. The minimum Gasteiger partial charge on any atom is -0.324 e. The zero-order chi connectivity index (χ0) is 16.4. The molecule has 0 bridgehead atoms. The molecule has 0 aliphatic rings. The topological polar surface area (TPSA) is 59.2 Å². The smallest absolute Gasteiger partial charge is 0.228 e. The van der Waals surface area contributed by atoms with E-state index in [2.05, 4.69) is 4.98 Å². The lowest BCUT2D eigenvalue weighted by Gasteiger charge is -2.20. The van der Waals surface area contributed by atoms with Gasteiger partial charge in [0.1, 0.15) is 0 Å². The van der Waals surface area contributed by atoms with Gasteiger partial charge in [0.25, 0.3) is 0 Å². The molecule has 4 nitrogen and oxygen atoms in total. The summed E-state index contributed by atoms with van der Waals surface area (Å²) in [5, 5.41) is 1.03. The number of amides is 1. The number of hydrogen-bond acceptors (Lipinski definition) is 4. The molecular formula is C18H19N3OS. The number of thiazole rings is 1. The predicted molar refractivity (Wildman–Crippen MR) is 95.8 cm³/mol. The largest absolute Gasteiger partial charge is 0.324 e. The van der Waals surface area contributed by atoms with Crippen molar-refractivity contribution < 1.29 is 4.79 Å². The molecule has 23 heavy (non-hydrogen) atoms. The number of anilines is 1. The van der Waals surface area contributed by atoms with Crippen LogP contribution in [0.5, 0.6) is 0 Å². The number of benzene rings is 2. The van der Waals surface area contributed by atoms with E-state index in [0.29, 0.717) is 0 Å². The first kappa shape index (κ1) is 15.6. The second-order valence-corrected chi connectivity index (χ2v) is 6.79. The SMILES string of the molecule is Cc1nc2ccc(N(C)C(=O)C[C@@H](N)c3ccccc3)cc2s1. The summed E-state index contributed by atoms with van der Waals surface area (Å²) in [5.74, 6) is 0.00180. The van der Waals surface area contributed by atoms with E-state index >= 15 is 0 Å². The lowest BCUT2D eigenvalue weighted by Crippen LogP contribution is -2.29. The van der Waals surface area contributed by atoms with Crippen molar-refractivity contribution in [3.05, 3.63) is 59.1 Å². The molecule has 0 aliphatic carbocycles. The van der Waals surface area contributed by atoms with E-state index in [0.717, 1.165) is 26.5 Å². The third kappa shape index (κ3) is 3.41. The summed E-state index contributed by atoms with van der Waals surface area (Å²) in [6.07, 6.45) is 0.278. The van der Waals surface area contributed by atoms with Crippen molar-refractivity contribution in [3.8, 4) is 0 Å². The molecule has 2 N–H and O–H groups in total. The van der Waals surface area contributed by atoms with Crippen LogP contribution in [0.4, 0.5) is 5.69 Å². The van der Waals surface area contributed by atoms with Crippen LogP contribution in [0.25, 0.3) is 10.2 Å². The summed E-state index contributed by atoms with van der Waals surface area (Å²) in [7, 11) is 1.79. The maximum Gasteiger partial charge on any atom is 0.228 e. The molecule has 1 atom stereocenters. The second-order valence-electron chi connectivity index (χ2n) is 5.56. The molecule has 3 rings (SSSR count). The zero-order valence-electron chi connectivity index (χ0n) is 13.2. The normalized spacial score (nSPS) is 12.3. The Morgan fingerprint density at radius 3 is 2.74 bits per heavy atom. The number of hydrogen-bond donors (Lipinski definition) is 1. The minimum absolute atomic E-state index is 0.00180. The Morgan fingerprint density at radius 2 is 2.00 bits per heavy atom. The lowest BCUT2D eigenvalue weighted by molar-refractivity contribution is -0.118. The molecular weight excluding hydrogens is 306 g/mol. The Bertz CT molecular complexity index is 829. The van der Waals surface area contributed by atoms with E-state index in [1.165, 1.54) is 0 Å². The summed E-state index contributed by atoms with van der Waals surface area (Å²) < 4.78 is 1.09. The average Bonchev–Trinajstić information content (AvgIpc) is 2.93. The van der Waals surface area contributed by atoms with Crippen LogP contribution in [-0.2, 0) is 4.79 Å². The van der Waals surface area contributed by atoms with Gasteiger partial charge in [-0.25, -0.2) is 4.98 Å². The van der Waals surface area contributed by atoms with E-state index in [-0.39, 0.29) is 18.4 Å². The van der Waals surface area contributed by atoms with Gasteiger partial charge in [0.05, 0.1) is 15.2 Å². The molecule has 0 saturated heterocycles. The van der Waals surface area contributed by atoms with Crippen molar-refractivity contribution in [2.75, 3.05) is 11.9 Å². The number of carbonyl (C=O) groups is 1. The predicted octanol–water partition coefficient (Wildman–Crippen LogP) is 3.66. The first-order valence-corrected chi connectivity index (χ1v) is 8.30. The Kier molecular flexibility index (Phi) is 4.41. The number of aromatic nitrogens is 1. The molecule has 0 aliphatic heterocycles. The van der Waals surface area contributed by atoms with Crippen LogP contribution in [0.2, 0.25) is 0 Å². The monoisotopic (exact) mass is 325 g/mol. The highest BCUT2D eigenvalue weighted by Crippen LogP contribution is 2.27. The third-order valence-corrected chi connectivity index (χ3v) is 4.80. The fourth-order valence-corrected chi connectivity index (χ4v) is 3.38. The van der Waals surface area contributed by atoms with Gasteiger partial charge in [-0.1, -0.05) is 30.3 Å². The van der Waals surface area contributed by atoms with Gasteiger partial charge in [-0.05, 0) is 30.7 Å². The average molecular weight is 325 g/mol. The highest BCUT2D eigenvalue weighted by atomic mass is 32.1. The molecule has 0 spiro atoms. The molecule has 118 valence electrons. The van der Waals surface area contributed by atoms with Gasteiger partial charge < -0.3 is 10.6 Å². The number of carbonyl (C=O) groups excluding carboxylic acids is 1. The molecule has 0 unspecified atom stereocenters. The van der Waals surface area contributed by atoms with Crippen LogP contribution in [-0.4, -0.2) is 17.9 Å². The second kappa shape index (κ2) is 6.48. The van der Waals surface area contributed by atoms with Gasteiger partial charge in [-0.3, -0.25) is 4.79 Å². The minimum atomic E-state index is -0.291. The molecule has 0 radical (unpaired) electrons. The van der Waals surface area contributed by atoms with E-state index in [9.17, 15) is 4.79 Å². The first-order chi connectivity index (χ1) is 11.0. The van der Waals surface area contributed by atoms with Crippen molar-refractivity contribution >= 4 is 33.1 Å². The summed E-state index contributed by atoms with van der Waals surface area (Å²) in [5.41, 5.74) is 8.96. The van der Waals surface area contributed by atoms with Crippen molar-refractivity contribution in [2.24, 2.45) is 5.73 Å². The highest BCUT2D eigenvalue weighted by Gasteiger charge is 2.17. The van der Waals surface area contributed by atoms with Gasteiger partial charge in [0.2, 0.25) is 5.91 Å². The van der Waals surface area contributed by atoms with Crippen LogP contribution in [0.3, 0.4) is 0 Å². The maximum absolute atomic E-state index is 12.5. The van der Waals surface area contributed by atoms with E-state index in [1.807, 2.05) is 55.5 Å². The van der Waals surface area contributed by atoms with E-state index in [4.69, 9.17) is 5.73 Å². The van der Waals surface area contributed by atoms with Crippen LogP contribution >= 0.6 is 11.3 Å². The van der Waals surface area contributed by atoms with Gasteiger partial charge >= 0.3 is 0 Å². The van der Waals surface area contributed by atoms with Crippen LogP contribution in [0, 0.1) is 6.92 Å². The van der Waals surface area contributed by atoms with Crippen LogP contribution < -0.4 is 10.6 Å². The van der Waals surface area contributed by atoms with Gasteiger partial charge in [-0.2, -0.15) is 0 Å². The summed E-state index contributed by atoms with van der Waals surface area (Å²) in [4.78, 5) is 18.6. The van der Waals surface area contributed by atoms with Crippen molar-refractivity contribution in [2.45, 2.75) is 19.4 Å². The molecule has 1 aromatic heterocycles. The van der Waals surface area contributed by atoms with Gasteiger partial charge in [0, 0.05) is 25.2 Å². The summed E-state index contributed by atoms with van der Waals surface area (Å²) in [6.45, 7) is 1.98. The third-order valence-electron chi connectivity index (χ3n) is 3.86. The zero-order valence-corrected chi connectivity index (χ0v) is 14.0. The Morgan fingerprint density at radius 1 is 1.26 bits per heavy atom. The summed E-state index contributed by atoms with van der Waals surface area (Å²) >= 11 is 1.63. The Balaban J connectivity index is 1.75. The standard InChI is InChI=1S/C18H19N3OS/c1-12-20-16-9-8-14(10-17(16)23-12)21(2)18(22)11-15(19)13-6-4-3-5-7-13/h3-10,15H,11,19H2,1-2H3/t15-/m1/s1. The van der Waals surface area contributed by atoms with Crippen molar-refractivity contribution in [3.63, 3.8) is 0 Å². The first-order valence-electron chi connectivity index (χ1n) is 7.49. The van der Waals surface area contributed by atoms with Crippen LogP contribution in [0.1, 0.15) is 23.0 Å². The van der Waals surface area contributed by atoms with E-state index < -0.39 is 0 Å². The maximum atomic E-state index is 12.5. The van der Waals surface area contributed by atoms with Gasteiger partial charge in [0.15, 0.2) is 0 Å². The number of nitrogens with zero attached hydrogens (tertiary/aromatic N) is 2. The van der Waals surface area contributed by atoms with Crippen molar-refractivity contribution in [1.82, 2.24) is 4.98 Å². The molecule has 0 saturated carbocycles. The molecule has 3 aromatic rings. The summed E-state index contributed by atoms with van der Waals surface area (Å²) in [6, 6.07) is 15.3. The van der Waals surface area contributed by atoms with E-state index in [1.54, 1.807) is 23.3 Å². The fraction of sp³-hybridized carbons (Fsp3) is 0.222. The Labute approximate surface area is 139 Å². The van der Waals surface area contributed by atoms with Crippen molar-refractivity contribution in [1.29, 1.82) is 0 Å². The molecule has 0 fully saturated rings. The molecule has 2 aromatic carbocycles. The number of fused-ring (bicyclic) bond motifs is 1. The van der Waals surface area contributed by atoms with Crippen LogP contribution in [0.15, 0.2) is 48.5 Å². The fourth-order valence-electron chi connectivity index (χ4n) is 2.52. The number of nitrogens with two attached hydrogens (primary N) is 1. The molecule has 1 amide bonds. The lowest BCUT2D eigenvalue weighted by atomic mass is 10.0. The Hall–Kier alpha value is -2.24.